The molecule has 0 atom stereocenters. The van der Waals surface area contributed by atoms with Crippen LogP contribution in [-0.4, -0.2) is 19.1 Å². The van der Waals surface area contributed by atoms with Gasteiger partial charge in [0, 0.05) is 6.61 Å². The van der Waals surface area contributed by atoms with Gasteiger partial charge in [-0.2, -0.15) is 0 Å². The van der Waals surface area contributed by atoms with Gasteiger partial charge in [0.25, 0.3) is 0 Å². The minimum Gasteiger partial charge on any atom is -0.397 e. The number of ether oxygens (including phenoxy) is 1. The standard InChI is InChI=1S/C15H22N2O2/c16-13-7-3-4-8-14(13)17-15(18)9-10-19-11-12-5-1-2-6-12/h3-4,7-8,12H,1-2,5-6,9-11,16H2,(H,17,18). The fourth-order valence-electron chi connectivity index (χ4n) is 2.42. The van der Waals surface area contributed by atoms with Crippen LogP contribution in [0, 0.1) is 5.92 Å². The Bertz CT molecular complexity index is 414. The van der Waals surface area contributed by atoms with Gasteiger partial charge in [-0.05, 0) is 30.9 Å². The monoisotopic (exact) mass is 262 g/mol. The molecule has 0 aromatic heterocycles. The van der Waals surface area contributed by atoms with Crippen LogP contribution in [0.2, 0.25) is 0 Å². The Morgan fingerprint density at radius 2 is 2.05 bits per heavy atom. The number of hydrogen-bond acceptors (Lipinski definition) is 3. The lowest BCUT2D eigenvalue weighted by Crippen LogP contribution is -2.16. The lowest BCUT2D eigenvalue weighted by atomic mass is 10.1. The van der Waals surface area contributed by atoms with E-state index in [1.54, 1.807) is 12.1 Å². The Kier molecular flexibility index (Phi) is 5.21. The zero-order valence-electron chi connectivity index (χ0n) is 11.2. The fraction of sp³-hybridized carbons (Fsp3) is 0.533. The van der Waals surface area contributed by atoms with Gasteiger partial charge < -0.3 is 15.8 Å². The molecule has 0 unspecified atom stereocenters. The van der Waals surface area contributed by atoms with Crippen molar-refractivity contribution in [2.45, 2.75) is 32.1 Å². The van der Waals surface area contributed by atoms with Crippen LogP contribution in [0.3, 0.4) is 0 Å². The molecule has 0 bridgehead atoms. The molecule has 2 rings (SSSR count). The van der Waals surface area contributed by atoms with E-state index in [2.05, 4.69) is 5.32 Å². The first-order valence-electron chi connectivity index (χ1n) is 6.98. The highest BCUT2D eigenvalue weighted by molar-refractivity contribution is 5.93. The molecule has 1 aromatic rings. The summed E-state index contributed by atoms with van der Waals surface area (Å²) >= 11 is 0. The highest BCUT2D eigenvalue weighted by Crippen LogP contribution is 2.24. The molecule has 4 heteroatoms. The zero-order valence-corrected chi connectivity index (χ0v) is 11.2. The number of nitrogen functional groups attached to an aromatic ring is 1. The summed E-state index contributed by atoms with van der Waals surface area (Å²) in [6.07, 6.45) is 5.56. The van der Waals surface area contributed by atoms with Crippen LogP contribution in [-0.2, 0) is 9.53 Å². The fourth-order valence-corrected chi connectivity index (χ4v) is 2.42. The van der Waals surface area contributed by atoms with E-state index in [0.717, 1.165) is 6.61 Å². The van der Waals surface area contributed by atoms with Crippen LogP contribution in [0.1, 0.15) is 32.1 Å². The van der Waals surface area contributed by atoms with E-state index in [1.165, 1.54) is 25.7 Å². The van der Waals surface area contributed by atoms with E-state index in [9.17, 15) is 4.79 Å². The maximum absolute atomic E-state index is 11.7. The summed E-state index contributed by atoms with van der Waals surface area (Å²) in [4.78, 5) is 11.7. The second kappa shape index (κ2) is 7.14. The molecule has 1 aromatic carbocycles. The Hall–Kier alpha value is -1.55. The van der Waals surface area contributed by atoms with Crippen LogP contribution in [0.4, 0.5) is 11.4 Å². The quantitative estimate of drug-likeness (QED) is 0.612. The average Bonchev–Trinajstić information content (AvgIpc) is 2.91. The summed E-state index contributed by atoms with van der Waals surface area (Å²) in [5.74, 6) is 0.650. The zero-order chi connectivity index (χ0) is 13.5. The average molecular weight is 262 g/mol. The first-order valence-corrected chi connectivity index (χ1v) is 6.98. The number of benzene rings is 1. The van der Waals surface area contributed by atoms with Crippen molar-refractivity contribution in [3.05, 3.63) is 24.3 Å². The van der Waals surface area contributed by atoms with Gasteiger partial charge in [0.1, 0.15) is 0 Å². The number of carbonyl (C=O) groups excluding carboxylic acids is 1. The number of anilines is 2. The van der Waals surface area contributed by atoms with E-state index < -0.39 is 0 Å². The summed E-state index contributed by atoms with van der Waals surface area (Å²) in [5, 5.41) is 2.79. The van der Waals surface area contributed by atoms with Crippen molar-refractivity contribution in [3.63, 3.8) is 0 Å². The number of amides is 1. The number of nitrogens with one attached hydrogen (secondary N) is 1. The molecule has 0 heterocycles. The van der Waals surface area contributed by atoms with Gasteiger partial charge >= 0.3 is 0 Å². The molecule has 3 N–H and O–H groups in total. The lowest BCUT2D eigenvalue weighted by Gasteiger charge is -2.10. The molecule has 0 radical (unpaired) electrons. The van der Waals surface area contributed by atoms with Crippen molar-refractivity contribution >= 4 is 17.3 Å². The Balaban J connectivity index is 1.63. The predicted molar refractivity (Wildman–Crippen MR) is 76.9 cm³/mol. The van der Waals surface area contributed by atoms with Crippen molar-refractivity contribution in [1.29, 1.82) is 0 Å². The first kappa shape index (κ1) is 13.9. The molecule has 4 nitrogen and oxygen atoms in total. The van der Waals surface area contributed by atoms with E-state index in [4.69, 9.17) is 10.5 Å². The molecule has 1 aliphatic rings. The summed E-state index contributed by atoms with van der Waals surface area (Å²) in [5.41, 5.74) is 7.02. The minimum atomic E-state index is -0.0516. The molecule has 104 valence electrons. The molecule has 0 aliphatic heterocycles. The van der Waals surface area contributed by atoms with Gasteiger partial charge in [0.05, 0.1) is 24.4 Å². The molecule has 1 saturated carbocycles. The van der Waals surface area contributed by atoms with Crippen molar-refractivity contribution in [1.82, 2.24) is 0 Å². The maximum Gasteiger partial charge on any atom is 0.226 e. The third-order valence-corrected chi connectivity index (χ3v) is 3.54. The van der Waals surface area contributed by atoms with Crippen LogP contribution in [0.15, 0.2) is 24.3 Å². The second-order valence-electron chi connectivity index (χ2n) is 5.11. The minimum absolute atomic E-state index is 0.0516. The van der Waals surface area contributed by atoms with E-state index in [-0.39, 0.29) is 5.91 Å². The number of nitrogens with two attached hydrogens (primary N) is 1. The van der Waals surface area contributed by atoms with Gasteiger partial charge in [-0.15, -0.1) is 0 Å². The smallest absolute Gasteiger partial charge is 0.226 e. The molecule has 1 aliphatic carbocycles. The summed E-state index contributed by atoms with van der Waals surface area (Å²) in [6.45, 7) is 1.27. The van der Waals surface area contributed by atoms with Crippen molar-refractivity contribution < 1.29 is 9.53 Å². The van der Waals surface area contributed by atoms with Gasteiger partial charge in [-0.25, -0.2) is 0 Å². The first-order chi connectivity index (χ1) is 9.25. The number of rotatable bonds is 6. The van der Waals surface area contributed by atoms with E-state index in [0.29, 0.717) is 30.3 Å². The van der Waals surface area contributed by atoms with Gasteiger partial charge in [-0.1, -0.05) is 25.0 Å². The van der Waals surface area contributed by atoms with Crippen molar-refractivity contribution in [2.75, 3.05) is 24.3 Å². The highest BCUT2D eigenvalue weighted by atomic mass is 16.5. The van der Waals surface area contributed by atoms with Crippen LogP contribution in [0.5, 0.6) is 0 Å². The van der Waals surface area contributed by atoms with Crippen molar-refractivity contribution in [3.8, 4) is 0 Å². The third-order valence-electron chi connectivity index (χ3n) is 3.54. The van der Waals surface area contributed by atoms with Gasteiger partial charge in [0.15, 0.2) is 0 Å². The SMILES string of the molecule is Nc1ccccc1NC(=O)CCOCC1CCCC1. The molecule has 19 heavy (non-hydrogen) atoms. The molecule has 0 spiro atoms. The van der Waals surface area contributed by atoms with E-state index in [1.807, 2.05) is 12.1 Å². The lowest BCUT2D eigenvalue weighted by molar-refractivity contribution is -0.117. The Morgan fingerprint density at radius 3 is 2.79 bits per heavy atom. The largest absolute Gasteiger partial charge is 0.397 e. The third kappa shape index (κ3) is 4.56. The molecule has 1 fully saturated rings. The molecular formula is C15H22N2O2. The Labute approximate surface area is 114 Å². The maximum atomic E-state index is 11.7. The molecular weight excluding hydrogens is 240 g/mol. The van der Waals surface area contributed by atoms with Gasteiger partial charge in [0.2, 0.25) is 5.91 Å². The topological polar surface area (TPSA) is 64.3 Å². The highest BCUT2D eigenvalue weighted by Gasteiger charge is 2.14. The molecule has 0 saturated heterocycles. The van der Waals surface area contributed by atoms with Crippen LogP contribution >= 0.6 is 0 Å². The number of carbonyl (C=O) groups is 1. The second-order valence-corrected chi connectivity index (χ2v) is 5.11. The summed E-state index contributed by atoms with van der Waals surface area (Å²) in [7, 11) is 0. The van der Waals surface area contributed by atoms with Crippen LogP contribution in [0.25, 0.3) is 0 Å². The van der Waals surface area contributed by atoms with Crippen LogP contribution < -0.4 is 11.1 Å². The summed E-state index contributed by atoms with van der Waals surface area (Å²) < 4.78 is 5.56. The van der Waals surface area contributed by atoms with Crippen molar-refractivity contribution in [2.24, 2.45) is 5.92 Å². The normalized spacial score (nSPS) is 15.6. The molecule has 1 amide bonds. The number of para-hydroxylation sites is 2. The number of hydrogen-bond donors (Lipinski definition) is 2. The van der Waals surface area contributed by atoms with Gasteiger partial charge in [-0.3, -0.25) is 4.79 Å². The van der Waals surface area contributed by atoms with E-state index >= 15 is 0 Å². The summed E-state index contributed by atoms with van der Waals surface area (Å²) in [6, 6.07) is 7.26. The predicted octanol–water partition coefficient (Wildman–Crippen LogP) is 2.80. The Morgan fingerprint density at radius 1 is 1.32 bits per heavy atom.